The molecule has 4 rings (SSSR count). The lowest BCUT2D eigenvalue weighted by atomic mass is 9.43. The number of hydrazine groups is 1. The Morgan fingerprint density at radius 2 is 1.82 bits per heavy atom. The van der Waals surface area contributed by atoms with Crippen molar-refractivity contribution in [1.29, 1.82) is 0 Å². The summed E-state index contributed by atoms with van der Waals surface area (Å²) in [5.41, 5.74) is 7.15. The fourth-order valence-electron chi connectivity index (χ4n) is 7.45. The van der Waals surface area contributed by atoms with Gasteiger partial charge < -0.3 is 25.7 Å². The number of hydrogen-bond donors (Lipinski definition) is 4. The van der Waals surface area contributed by atoms with E-state index in [1.165, 1.54) is 31.8 Å². The zero-order valence-electron chi connectivity index (χ0n) is 28.3. The minimum absolute atomic E-state index is 0.00536. The monoisotopic (exact) mass is 632 g/mol. The van der Waals surface area contributed by atoms with Crippen LogP contribution < -0.4 is 21.8 Å². The van der Waals surface area contributed by atoms with E-state index in [9.17, 15) is 19.7 Å². The van der Waals surface area contributed by atoms with Gasteiger partial charge in [0.25, 0.3) is 5.96 Å². The number of carbonyl (C=O) groups is 2. The van der Waals surface area contributed by atoms with Gasteiger partial charge in [-0.3, -0.25) is 9.59 Å². The first-order valence-electron chi connectivity index (χ1n) is 17.1. The van der Waals surface area contributed by atoms with Gasteiger partial charge in [0.05, 0.1) is 17.6 Å². The number of carbonyl (C=O) groups excluding carboxylic acids is 2. The van der Waals surface area contributed by atoms with Gasteiger partial charge in [-0.1, -0.05) is 78.2 Å². The van der Waals surface area contributed by atoms with Crippen LogP contribution in [-0.4, -0.2) is 60.2 Å². The average Bonchev–Trinajstić information content (AvgIpc) is 3.32. The molecule has 2 bridgehead atoms. The number of rotatable bonds is 19. The second-order valence-corrected chi connectivity index (χ2v) is 14.4. The molecular formula is C32H57BN6O6. The minimum Gasteiger partial charge on any atom is -0.404 e. The minimum atomic E-state index is -0.836. The van der Waals surface area contributed by atoms with Gasteiger partial charge in [0.15, 0.2) is 5.03 Å². The summed E-state index contributed by atoms with van der Waals surface area (Å²) in [6.45, 7) is 13.3. The fourth-order valence-corrected chi connectivity index (χ4v) is 7.45. The zero-order valence-corrected chi connectivity index (χ0v) is 28.3. The predicted molar refractivity (Wildman–Crippen MR) is 176 cm³/mol. The Hall–Kier alpha value is -2.67. The summed E-state index contributed by atoms with van der Waals surface area (Å²) >= 11 is 0. The van der Waals surface area contributed by atoms with Crippen molar-refractivity contribution in [3.05, 3.63) is 22.3 Å². The van der Waals surface area contributed by atoms with Gasteiger partial charge in [0.2, 0.25) is 11.8 Å². The first-order chi connectivity index (χ1) is 21.3. The normalized spacial score (nSPS) is 26.7. The Bertz CT molecular complexity index is 1070. The van der Waals surface area contributed by atoms with E-state index >= 15 is 0 Å². The van der Waals surface area contributed by atoms with E-state index in [4.69, 9.17) is 15.0 Å². The van der Waals surface area contributed by atoms with Gasteiger partial charge >= 0.3 is 7.12 Å². The summed E-state index contributed by atoms with van der Waals surface area (Å²) in [5.74, 6) is -0.0716. The van der Waals surface area contributed by atoms with E-state index < -0.39 is 23.8 Å². The van der Waals surface area contributed by atoms with Crippen molar-refractivity contribution in [1.82, 2.24) is 16.1 Å². The van der Waals surface area contributed by atoms with Crippen molar-refractivity contribution in [2.24, 2.45) is 33.9 Å². The van der Waals surface area contributed by atoms with E-state index in [1.807, 2.05) is 11.5 Å². The molecule has 0 aromatic heterocycles. The number of unbranched alkanes of at least 4 members (excludes halogenated alkanes) is 6. The maximum atomic E-state index is 13.7. The SMILES string of the molecule is CCCCCCCCC=CC(=O)N[C@@H](CCCN=C(N)N[N+](=O)[O-])C(=O)N[C@@H](CC(C)C)B1O[C@@H]2C[C@@H]3C[C@@H](C3(C)C)[C@]2(C)O1. The van der Waals surface area contributed by atoms with Crippen LogP contribution >= 0.6 is 0 Å². The second kappa shape index (κ2) is 16.8. The Balaban J connectivity index is 1.64. The second-order valence-electron chi connectivity index (χ2n) is 14.4. The summed E-state index contributed by atoms with van der Waals surface area (Å²) < 4.78 is 13.2. The molecule has 4 aliphatic rings. The van der Waals surface area contributed by atoms with Crippen LogP contribution in [0.1, 0.15) is 119 Å². The van der Waals surface area contributed by atoms with Crippen molar-refractivity contribution in [2.75, 3.05) is 6.54 Å². The summed E-state index contributed by atoms with van der Waals surface area (Å²) in [6, 6.07) is -0.836. The molecule has 0 aromatic rings. The number of hydrogen-bond acceptors (Lipinski definition) is 7. The van der Waals surface area contributed by atoms with Crippen molar-refractivity contribution in [2.45, 2.75) is 142 Å². The van der Waals surface area contributed by atoms with Crippen LogP contribution in [0.25, 0.3) is 0 Å². The number of nitro groups is 1. The average molecular weight is 633 g/mol. The van der Waals surface area contributed by atoms with Gasteiger partial charge in [-0.05, 0) is 81.1 Å². The Kier molecular flexibility index (Phi) is 13.7. The molecule has 13 heteroatoms. The number of nitrogens with one attached hydrogen (secondary N) is 3. The van der Waals surface area contributed by atoms with Crippen molar-refractivity contribution in [3.63, 3.8) is 0 Å². The molecule has 3 saturated carbocycles. The lowest BCUT2D eigenvalue weighted by Gasteiger charge is -2.64. The molecule has 12 nitrogen and oxygen atoms in total. The fraction of sp³-hybridized carbons (Fsp3) is 0.844. The third-order valence-electron chi connectivity index (χ3n) is 10.1. The van der Waals surface area contributed by atoms with Crippen molar-refractivity contribution < 1.29 is 23.9 Å². The molecule has 0 radical (unpaired) electrons. The first kappa shape index (κ1) is 36.8. The van der Waals surface area contributed by atoms with Crippen molar-refractivity contribution >= 4 is 24.9 Å². The first-order valence-corrected chi connectivity index (χ1v) is 17.1. The van der Waals surface area contributed by atoms with Crippen LogP contribution in [0, 0.1) is 33.3 Å². The highest BCUT2D eigenvalue weighted by molar-refractivity contribution is 6.48. The summed E-state index contributed by atoms with van der Waals surface area (Å²) in [5, 5.41) is 15.8. The molecule has 1 saturated heterocycles. The maximum absolute atomic E-state index is 13.7. The topological polar surface area (TPSA) is 170 Å². The highest BCUT2D eigenvalue weighted by atomic mass is 16.7. The number of nitrogens with two attached hydrogens (primary N) is 1. The van der Waals surface area contributed by atoms with Crippen LogP contribution in [0.2, 0.25) is 0 Å². The lowest BCUT2D eigenvalue weighted by molar-refractivity contribution is -0.525. The number of aliphatic imine (C=N–C) groups is 1. The summed E-state index contributed by atoms with van der Waals surface area (Å²) in [4.78, 5) is 41.2. The quantitative estimate of drug-likeness (QED) is 0.0308. The predicted octanol–water partition coefficient (Wildman–Crippen LogP) is 4.45. The third-order valence-corrected chi connectivity index (χ3v) is 10.1. The molecule has 0 spiro atoms. The highest BCUT2D eigenvalue weighted by Gasteiger charge is 2.68. The van der Waals surface area contributed by atoms with Gasteiger partial charge in [0.1, 0.15) is 6.04 Å². The molecule has 1 heterocycles. The number of nitrogens with zero attached hydrogens (tertiary/aromatic N) is 2. The smallest absolute Gasteiger partial charge is 0.404 e. The van der Waals surface area contributed by atoms with Gasteiger partial charge in [0, 0.05) is 6.54 Å². The standard InChI is InChI=1S/C32H57BN6O6/c1-7-8-9-10-11-12-13-14-17-28(40)36-24(16-15-18-35-30(34)38-39(42)43)29(41)37-27(19-22(2)3)33-44-26-21-23-20-25(31(23,4)5)32(26,6)45-33/h14,17,22-27H,7-13,15-16,18-21H2,1-6H3,(H,36,40)(H,37,41)(H3,34,35,38)/t23-,24-,25-,26+,27-,32-/m0/s1. The Labute approximate surface area is 269 Å². The van der Waals surface area contributed by atoms with E-state index in [2.05, 4.69) is 57.2 Å². The van der Waals surface area contributed by atoms with E-state index in [-0.39, 0.29) is 54.1 Å². The molecule has 5 N–H and O–H groups in total. The zero-order chi connectivity index (χ0) is 33.2. The number of amides is 2. The molecule has 2 amide bonds. The molecular weight excluding hydrogens is 575 g/mol. The molecule has 254 valence electrons. The largest absolute Gasteiger partial charge is 0.481 e. The lowest BCUT2D eigenvalue weighted by Crippen LogP contribution is -2.65. The van der Waals surface area contributed by atoms with Crippen LogP contribution in [-0.2, 0) is 18.9 Å². The third kappa shape index (κ3) is 10.2. The van der Waals surface area contributed by atoms with E-state index in [0.717, 1.165) is 32.1 Å². The van der Waals surface area contributed by atoms with Crippen LogP contribution in [0.4, 0.5) is 0 Å². The van der Waals surface area contributed by atoms with Crippen LogP contribution in [0.3, 0.4) is 0 Å². The molecule has 6 atom stereocenters. The van der Waals surface area contributed by atoms with Gasteiger partial charge in [-0.15, -0.1) is 0 Å². The number of guanidine groups is 1. The molecule has 4 fully saturated rings. The number of allylic oxidation sites excluding steroid dienone is 1. The summed E-state index contributed by atoms with van der Waals surface area (Å²) in [7, 11) is -0.576. The summed E-state index contributed by atoms with van der Waals surface area (Å²) in [6.07, 6.45) is 14.6. The molecule has 45 heavy (non-hydrogen) atoms. The van der Waals surface area contributed by atoms with E-state index in [0.29, 0.717) is 24.7 Å². The Morgan fingerprint density at radius 3 is 2.49 bits per heavy atom. The van der Waals surface area contributed by atoms with Crippen molar-refractivity contribution in [3.8, 4) is 0 Å². The highest BCUT2D eigenvalue weighted by Crippen LogP contribution is 2.65. The van der Waals surface area contributed by atoms with Gasteiger partial charge in [-0.2, -0.15) is 0 Å². The molecule has 1 aliphatic heterocycles. The Morgan fingerprint density at radius 1 is 1.11 bits per heavy atom. The molecule has 3 aliphatic carbocycles. The van der Waals surface area contributed by atoms with Gasteiger partial charge in [-0.25, -0.2) is 15.1 Å². The van der Waals surface area contributed by atoms with E-state index in [1.54, 1.807) is 0 Å². The molecule has 0 unspecified atom stereocenters. The van der Waals surface area contributed by atoms with Crippen LogP contribution in [0.15, 0.2) is 17.1 Å². The van der Waals surface area contributed by atoms with Crippen LogP contribution in [0.5, 0.6) is 0 Å². The molecule has 0 aromatic carbocycles. The maximum Gasteiger partial charge on any atom is 0.481 e.